The van der Waals surface area contributed by atoms with Crippen molar-refractivity contribution in [1.29, 1.82) is 0 Å². The molecule has 0 bridgehead atoms. The number of ketones is 1. The van der Waals surface area contributed by atoms with Crippen LogP contribution in [-0.2, 0) is 11.8 Å². The van der Waals surface area contributed by atoms with Crippen molar-refractivity contribution in [2.75, 3.05) is 0 Å². The van der Waals surface area contributed by atoms with Crippen molar-refractivity contribution in [3.8, 4) is 0 Å². The molecule has 2 heterocycles. The highest BCUT2D eigenvalue weighted by atomic mass is 16.5. The number of carbonyl (C=O) groups is 1. The zero-order valence-electron chi connectivity index (χ0n) is 10.7. The predicted molar refractivity (Wildman–Crippen MR) is 70.8 cm³/mol. The molecule has 0 amide bonds. The first-order valence-electron chi connectivity index (χ1n) is 6.40. The van der Waals surface area contributed by atoms with Crippen LogP contribution in [0, 0.1) is 0 Å². The molecule has 1 aliphatic rings. The van der Waals surface area contributed by atoms with Gasteiger partial charge in [-0.3, -0.25) is 4.79 Å². The zero-order valence-corrected chi connectivity index (χ0v) is 10.7. The number of benzene rings is 1. The van der Waals surface area contributed by atoms with Gasteiger partial charge < -0.3 is 9.30 Å². The summed E-state index contributed by atoms with van der Waals surface area (Å²) in [5.74, 6) is 0.121. The average molecular weight is 243 g/mol. The molecule has 1 aliphatic heterocycles. The van der Waals surface area contributed by atoms with E-state index < -0.39 is 0 Å². The molecule has 0 aliphatic carbocycles. The van der Waals surface area contributed by atoms with Gasteiger partial charge in [0.15, 0.2) is 5.78 Å². The van der Waals surface area contributed by atoms with Gasteiger partial charge in [-0.15, -0.1) is 0 Å². The van der Waals surface area contributed by atoms with E-state index in [2.05, 4.69) is 0 Å². The van der Waals surface area contributed by atoms with Crippen LogP contribution in [-0.4, -0.2) is 22.6 Å². The van der Waals surface area contributed by atoms with Crippen molar-refractivity contribution in [2.24, 2.45) is 7.05 Å². The van der Waals surface area contributed by atoms with Gasteiger partial charge in [0.1, 0.15) is 6.10 Å². The molecular weight excluding hydrogens is 226 g/mol. The number of nitrogens with zero attached hydrogens (tertiary/aromatic N) is 1. The fourth-order valence-corrected chi connectivity index (χ4v) is 2.71. The van der Waals surface area contributed by atoms with Gasteiger partial charge >= 0.3 is 0 Å². The van der Waals surface area contributed by atoms with Gasteiger partial charge in [-0.05, 0) is 25.8 Å². The number of hydrogen-bond acceptors (Lipinski definition) is 2. The number of aryl methyl sites for hydroxylation is 1. The van der Waals surface area contributed by atoms with Crippen molar-refractivity contribution >= 4 is 16.7 Å². The van der Waals surface area contributed by atoms with Gasteiger partial charge in [0, 0.05) is 29.7 Å². The summed E-state index contributed by atoms with van der Waals surface area (Å²) in [5.41, 5.74) is 1.87. The normalized spacial score (nSPS) is 23.7. The fourth-order valence-electron chi connectivity index (χ4n) is 2.71. The number of rotatable bonds is 2. The lowest BCUT2D eigenvalue weighted by Crippen LogP contribution is -2.20. The molecule has 94 valence electrons. The third-order valence-corrected chi connectivity index (χ3v) is 3.69. The van der Waals surface area contributed by atoms with E-state index in [4.69, 9.17) is 4.74 Å². The van der Waals surface area contributed by atoms with Crippen molar-refractivity contribution in [1.82, 2.24) is 4.57 Å². The van der Waals surface area contributed by atoms with Crippen molar-refractivity contribution in [2.45, 2.75) is 32.0 Å². The van der Waals surface area contributed by atoms with E-state index in [0.29, 0.717) is 0 Å². The number of ether oxygens (including phenoxy) is 1. The maximum Gasteiger partial charge on any atom is 0.193 e. The Balaban J connectivity index is 2.02. The van der Waals surface area contributed by atoms with Crippen LogP contribution < -0.4 is 0 Å². The Labute approximate surface area is 106 Å². The molecule has 3 rings (SSSR count). The summed E-state index contributed by atoms with van der Waals surface area (Å²) in [5, 5.41) is 1.02. The highest BCUT2D eigenvalue weighted by molar-refractivity contribution is 6.10. The van der Waals surface area contributed by atoms with E-state index >= 15 is 0 Å². The summed E-state index contributed by atoms with van der Waals surface area (Å²) in [6, 6.07) is 7.99. The monoisotopic (exact) mass is 243 g/mol. The molecule has 0 saturated carbocycles. The summed E-state index contributed by atoms with van der Waals surface area (Å²) in [6.45, 7) is 2.02. The molecule has 2 unspecified atom stereocenters. The largest absolute Gasteiger partial charge is 0.367 e. The Kier molecular flexibility index (Phi) is 2.71. The first-order valence-corrected chi connectivity index (χ1v) is 6.40. The predicted octanol–water partition coefficient (Wildman–Crippen LogP) is 2.93. The second-order valence-corrected chi connectivity index (χ2v) is 5.05. The van der Waals surface area contributed by atoms with Crippen LogP contribution in [0.2, 0.25) is 0 Å². The van der Waals surface area contributed by atoms with Crippen molar-refractivity contribution in [3.63, 3.8) is 0 Å². The van der Waals surface area contributed by atoms with Gasteiger partial charge in [0.2, 0.25) is 0 Å². The second-order valence-electron chi connectivity index (χ2n) is 5.05. The molecule has 1 aromatic carbocycles. The van der Waals surface area contributed by atoms with E-state index in [1.165, 1.54) is 0 Å². The molecule has 3 nitrogen and oxygen atoms in total. The van der Waals surface area contributed by atoms with Crippen LogP contribution in [0.3, 0.4) is 0 Å². The molecular formula is C15H17NO2. The number of hydrogen-bond donors (Lipinski definition) is 0. The van der Waals surface area contributed by atoms with Crippen molar-refractivity contribution in [3.05, 3.63) is 36.0 Å². The van der Waals surface area contributed by atoms with Gasteiger partial charge in [-0.25, -0.2) is 0 Å². The van der Waals surface area contributed by atoms with Crippen LogP contribution in [0.25, 0.3) is 10.9 Å². The van der Waals surface area contributed by atoms with Crippen LogP contribution in [0.5, 0.6) is 0 Å². The smallest absolute Gasteiger partial charge is 0.193 e. The summed E-state index contributed by atoms with van der Waals surface area (Å²) in [7, 11) is 1.97. The molecule has 2 aromatic rings. The molecule has 0 N–H and O–H groups in total. The van der Waals surface area contributed by atoms with E-state index in [1.807, 2.05) is 49.0 Å². The highest BCUT2D eigenvalue weighted by Crippen LogP contribution is 2.27. The Morgan fingerprint density at radius 2 is 2.11 bits per heavy atom. The maximum atomic E-state index is 12.5. The first kappa shape index (κ1) is 11.5. The number of Topliss-reactive ketones (excluding diaryl/α,β-unsaturated/α-hetero) is 1. The Hall–Kier alpha value is -1.61. The maximum absolute atomic E-state index is 12.5. The average Bonchev–Trinajstić information content (AvgIpc) is 2.94. The Bertz CT molecular complexity index is 600. The molecule has 2 atom stereocenters. The number of carbonyl (C=O) groups excluding carboxylic acids is 1. The van der Waals surface area contributed by atoms with E-state index in [9.17, 15) is 4.79 Å². The molecule has 0 spiro atoms. The third-order valence-electron chi connectivity index (χ3n) is 3.69. The first-order chi connectivity index (χ1) is 8.66. The molecule has 1 aromatic heterocycles. The fraction of sp³-hybridized carbons (Fsp3) is 0.400. The molecule has 1 saturated heterocycles. The minimum atomic E-state index is -0.259. The molecule has 1 fully saturated rings. The quantitative estimate of drug-likeness (QED) is 0.759. The van der Waals surface area contributed by atoms with E-state index in [1.54, 1.807) is 0 Å². The summed E-state index contributed by atoms with van der Waals surface area (Å²) >= 11 is 0. The third kappa shape index (κ3) is 1.75. The van der Waals surface area contributed by atoms with E-state index in [0.717, 1.165) is 29.3 Å². The summed E-state index contributed by atoms with van der Waals surface area (Å²) in [6.07, 6.45) is 3.67. The zero-order chi connectivity index (χ0) is 12.7. The van der Waals surface area contributed by atoms with Crippen LogP contribution in [0.1, 0.15) is 30.1 Å². The van der Waals surface area contributed by atoms with Gasteiger partial charge in [-0.2, -0.15) is 0 Å². The number of para-hydroxylation sites is 1. The Morgan fingerprint density at radius 1 is 1.33 bits per heavy atom. The van der Waals surface area contributed by atoms with Crippen LogP contribution in [0.15, 0.2) is 30.5 Å². The highest BCUT2D eigenvalue weighted by Gasteiger charge is 2.30. The summed E-state index contributed by atoms with van der Waals surface area (Å²) < 4.78 is 7.68. The van der Waals surface area contributed by atoms with Gasteiger partial charge in [0.25, 0.3) is 0 Å². The second kappa shape index (κ2) is 4.25. The van der Waals surface area contributed by atoms with Crippen LogP contribution >= 0.6 is 0 Å². The number of aromatic nitrogens is 1. The minimum Gasteiger partial charge on any atom is -0.367 e. The van der Waals surface area contributed by atoms with Crippen molar-refractivity contribution < 1.29 is 9.53 Å². The van der Waals surface area contributed by atoms with Crippen LogP contribution in [0.4, 0.5) is 0 Å². The van der Waals surface area contributed by atoms with Gasteiger partial charge in [0.05, 0.1) is 6.10 Å². The topological polar surface area (TPSA) is 31.2 Å². The lowest BCUT2D eigenvalue weighted by atomic mass is 10.0. The molecule has 0 radical (unpaired) electrons. The lowest BCUT2D eigenvalue weighted by Gasteiger charge is -2.08. The summed E-state index contributed by atoms with van der Waals surface area (Å²) in [4.78, 5) is 12.5. The Morgan fingerprint density at radius 3 is 2.83 bits per heavy atom. The standard InChI is InChI=1S/C15H17NO2/c1-10-7-8-14(18-10)15(17)12-9-16(2)13-6-4-3-5-11(12)13/h3-6,9-10,14H,7-8H2,1-2H3. The van der Waals surface area contributed by atoms with E-state index in [-0.39, 0.29) is 18.0 Å². The SMILES string of the molecule is CC1CCC(C(=O)c2cn(C)c3ccccc23)O1. The van der Waals surface area contributed by atoms with Gasteiger partial charge in [-0.1, -0.05) is 18.2 Å². The molecule has 18 heavy (non-hydrogen) atoms. The minimum absolute atomic E-state index is 0.121. The molecule has 3 heteroatoms. The lowest BCUT2D eigenvalue weighted by molar-refractivity contribution is 0.0434. The number of fused-ring (bicyclic) bond motifs is 1.